The van der Waals surface area contributed by atoms with Crippen molar-refractivity contribution in [3.63, 3.8) is 0 Å². The molecule has 0 aromatic heterocycles. The Bertz CT molecular complexity index is 545. The number of methoxy groups -OCH3 is 2. The van der Waals surface area contributed by atoms with Crippen LogP contribution in [0.15, 0.2) is 18.2 Å². The molecule has 0 bridgehead atoms. The zero-order valence-electron chi connectivity index (χ0n) is 14.8. The second-order valence-electron chi connectivity index (χ2n) is 6.51. The second-order valence-corrected chi connectivity index (χ2v) is 6.51. The van der Waals surface area contributed by atoms with Gasteiger partial charge < -0.3 is 19.7 Å². The molecule has 1 aliphatic heterocycles. The van der Waals surface area contributed by atoms with Crippen molar-refractivity contribution in [2.24, 2.45) is 0 Å². The lowest BCUT2D eigenvalue weighted by atomic mass is 10.0. The summed E-state index contributed by atoms with van der Waals surface area (Å²) in [6.45, 7) is 7.01. The molecular weight excluding hydrogens is 292 g/mol. The highest BCUT2D eigenvalue weighted by molar-refractivity contribution is 5.80. The molecule has 1 amide bonds. The number of likely N-dealkylation sites (tertiary alicyclic amines) is 1. The number of amides is 1. The van der Waals surface area contributed by atoms with E-state index in [1.807, 2.05) is 32.9 Å². The molecule has 1 aromatic carbocycles. The van der Waals surface area contributed by atoms with Gasteiger partial charge in [-0.1, -0.05) is 0 Å². The zero-order valence-corrected chi connectivity index (χ0v) is 14.8. The predicted octanol–water partition coefficient (Wildman–Crippen LogP) is 1.34. The fraction of sp³-hybridized carbons (Fsp3) is 0.611. The highest BCUT2D eigenvalue weighted by Crippen LogP contribution is 2.31. The largest absolute Gasteiger partial charge is 0.497 e. The molecule has 0 spiro atoms. The van der Waals surface area contributed by atoms with Crippen LogP contribution in [-0.4, -0.2) is 38.8 Å². The van der Waals surface area contributed by atoms with Gasteiger partial charge in [-0.05, 0) is 32.9 Å². The van der Waals surface area contributed by atoms with E-state index < -0.39 is 0 Å². The molecular formula is C18H29N2O3+. The lowest BCUT2D eigenvalue weighted by Gasteiger charge is -2.28. The summed E-state index contributed by atoms with van der Waals surface area (Å²) in [7, 11) is 3.34. The first kappa shape index (κ1) is 17.6. The molecule has 1 fully saturated rings. The van der Waals surface area contributed by atoms with Gasteiger partial charge >= 0.3 is 0 Å². The molecule has 1 aliphatic rings. The molecule has 128 valence electrons. The third-order valence-corrected chi connectivity index (χ3v) is 4.60. The van der Waals surface area contributed by atoms with E-state index in [2.05, 4.69) is 11.4 Å². The van der Waals surface area contributed by atoms with E-state index in [-0.39, 0.29) is 24.0 Å². The highest BCUT2D eigenvalue weighted by Gasteiger charge is 2.38. The van der Waals surface area contributed by atoms with E-state index in [0.717, 1.165) is 36.4 Å². The molecule has 0 aliphatic carbocycles. The molecule has 5 heteroatoms. The molecule has 1 saturated heterocycles. The number of carbonyl (C=O) groups is 1. The fourth-order valence-corrected chi connectivity index (χ4v) is 3.43. The molecule has 3 atom stereocenters. The minimum atomic E-state index is -0.0725. The van der Waals surface area contributed by atoms with Gasteiger partial charge in [0, 0.05) is 24.9 Å². The summed E-state index contributed by atoms with van der Waals surface area (Å²) in [5.74, 6) is 1.75. The van der Waals surface area contributed by atoms with Gasteiger partial charge in [-0.2, -0.15) is 0 Å². The first-order chi connectivity index (χ1) is 11.0. The second kappa shape index (κ2) is 7.68. The number of hydrogen-bond acceptors (Lipinski definition) is 3. The molecule has 1 aromatic rings. The summed E-state index contributed by atoms with van der Waals surface area (Å²) in [5, 5.41) is 3.03. The summed E-state index contributed by atoms with van der Waals surface area (Å²) in [4.78, 5) is 13.7. The fourth-order valence-electron chi connectivity index (χ4n) is 3.43. The number of carbonyl (C=O) groups excluding carboxylic acids is 1. The number of hydrogen-bond donors (Lipinski definition) is 2. The van der Waals surface area contributed by atoms with E-state index >= 15 is 0 Å². The van der Waals surface area contributed by atoms with Gasteiger partial charge in [0.15, 0.2) is 6.04 Å². The summed E-state index contributed by atoms with van der Waals surface area (Å²) in [5.41, 5.74) is 1.16. The van der Waals surface area contributed by atoms with Crippen LogP contribution in [0.5, 0.6) is 11.5 Å². The van der Waals surface area contributed by atoms with Gasteiger partial charge in [0.05, 0.1) is 26.3 Å². The maximum atomic E-state index is 12.4. The smallest absolute Gasteiger partial charge is 0.278 e. The van der Waals surface area contributed by atoms with Gasteiger partial charge in [-0.15, -0.1) is 0 Å². The first-order valence-corrected chi connectivity index (χ1v) is 8.35. The molecule has 0 saturated carbocycles. The molecule has 2 N–H and O–H groups in total. The summed E-state index contributed by atoms with van der Waals surface area (Å²) < 4.78 is 10.8. The quantitative estimate of drug-likeness (QED) is 0.831. The highest BCUT2D eigenvalue weighted by atomic mass is 16.5. The number of quaternary nitrogens is 1. The molecule has 1 heterocycles. The summed E-state index contributed by atoms with van der Waals surface area (Å²) in [6, 6.07) is 6.33. The lowest BCUT2D eigenvalue weighted by Crippen LogP contribution is -3.15. The normalized spacial score (nSPS) is 22.0. The Morgan fingerprint density at radius 2 is 2.00 bits per heavy atom. The average molecular weight is 321 g/mol. The minimum absolute atomic E-state index is 0.0725. The maximum absolute atomic E-state index is 12.4. The third kappa shape index (κ3) is 3.96. The van der Waals surface area contributed by atoms with Crippen LogP contribution in [0.3, 0.4) is 0 Å². The van der Waals surface area contributed by atoms with Crippen molar-refractivity contribution in [1.82, 2.24) is 5.32 Å². The van der Waals surface area contributed by atoms with Crippen molar-refractivity contribution < 1.29 is 19.2 Å². The SMILES string of the molecule is COc1ccc([C@H]2CCC[NH+]2[C@H](C)C(=O)NC(C)C)c(OC)c1. The van der Waals surface area contributed by atoms with Gasteiger partial charge in [0.25, 0.3) is 5.91 Å². The molecule has 1 unspecified atom stereocenters. The predicted molar refractivity (Wildman–Crippen MR) is 90.1 cm³/mol. The Kier molecular flexibility index (Phi) is 5.88. The van der Waals surface area contributed by atoms with Crippen LogP contribution in [0.2, 0.25) is 0 Å². The number of rotatable bonds is 6. The monoisotopic (exact) mass is 321 g/mol. The maximum Gasteiger partial charge on any atom is 0.278 e. The average Bonchev–Trinajstić information content (AvgIpc) is 3.01. The van der Waals surface area contributed by atoms with Crippen LogP contribution in [0, 0.1) is 0 Å². The van der Waals surface area contributed by atoms with E-state index in [1.165, 1.54) is 4.90 Å². The van der Waals surface area contributed by atoms with Crippen molar-refractivity contribution in [3.05, 3.63) is 23.8 Å². The van der Waals surface area contributed by atoms with E-state index in [0.29, 0.717) is 0 Å². The Balaban J connectivity index is 2.23. The van der Waals surface area contributed by atoms with Gasteiger partial charge in [0.1, 0.15) is 17.5 Å². The van der Waals surface area contributed by atoms with Crippen molar-refractivity contribution in [2.45, 2.75) is 51.7 Å². The number of ether oxygens (including phenoxy) is 2. The standard InChI is InChI=1S/C18H28N2O3/c1-12(2)19-18(21)13(3)20-10-6-7-16(20)15-9-8-14(22-4)11-17(15)23-5/h8-9,11-13,16H,6-7,10H2,1-5H3,(H,19,21)/p+1/t13-,16-/m1/s1. The van der Waals surface area contributed by atoms with Crippen molar-refractivity contribution in [2.75, 3.05) is 20.8 Å². The van der Waals surface area contributed by atoms with E-state index in [4.69, 9.17) is 9.47 Å². The Morgan fingerprint density at radius 1 is 1.26 bits per heavy atom. The minimum Gasteiger partial charge on any atom is -0.497 e. The molecule has 23 heavy (non-hydrogen) atoms. The van der Waals surface area contributed by atoms with Gasteiger partial charge in [0.2, 0.25) is 0 Å². The Hall–Kier alpha value is -1.75. The Labute approximate surface area is 139 Å². The number of benzene rings is 1. The van der Waals surface area contributed by atoms with Crippen molar-refractivity contribution in [3.8, 4) is 11.5 Å². The lowest BCUT2D eigenvalue weighted by molar-refractivity contribution is -0.932. The van der Waals surface area contributed by atoms with Crippen LogP contribution in [0.1, 0.15) is 45.2 Å². The van der Waals surface area contributed by atoms with E-state index in [9.17, 15) is 4.79 Å². The van der Waals surface area contributed by atoms with Crippen molar-refractivity contribution in [1.29, 1.82) is 0 Å². The summed E-state index contributed by atoms with van der Waals surface area (Å²) >= 11 is 0. The molecule has 5 nitrogen and oxygen atoms in total. The van der Waals surface area contributed by atoms with Gasteiger partial charge in [-0.25, -0.2) is 0 Å². The van der Waals surface area contributed by atoms with Crippen LogP contribution >= 0.6 is 0 Å². The molecule has 2 rings (SSSR count). The van der Waals surface area contributed by atoms with Crippen LogP contribution in [0.25, 0.3) is 0 Å². The van der Waals surface area contributed by atoms with Crippen molar-refractivity contribution >= 4 is 5.91 Å². The van der Waals surface area contributed by atoms with Crippen LogP contribution in [-0.2, 0) is 4.79 Å². The third-order valence-electron chi connectivity index (χ3n) is 4.60. The summed E-state index contributed by atoms with van der Waals surface area (Å²) in [6.07, 6.45) is 2.19. The molecule has 0 radical (unpaired) electrons. The first-order valence-electron chi connectivity index (χ1n) is 8.35. The number of nitrogens with one attached hydrogen (secondary N) is 2. The Morgan fingerprint density at radius 3 is 2.61 bits per heavy atom. The van der Waals surface area contributed by atoms with Crippen LogP contribution in [0.4, 0.5) is 0 Å². The van der Waals surface area contributed by atoms with Crippen LogP contribution < -0.4 is 19.7 Å². The topological polar surface area (TPSA) is 52.0 Å². The van der Waals surface area contributed by atoms with E-state index in [1.54, 1.807) is 14.2 Å². The van der Waals surface area contributed by atoms with Gasteiger partial charge in [-0.3, -0.25) is 4.79 Å². The zero-order chi connectivity index (χ0) is 17.0.